The van der Waals surface area contributed by atoms with Gasteiger partial charge in [-0.15, -0.1) is 24.0 Å². The Morgan fingerprint density at radius 1 is 1.29 bits per heavy atom. The van der Waals surface area contributed by atoms with Gasteiger partial charge in [0.25, 0.3) is 0 Å². The molecule has 9 heteroatoms. The van der Waals surface area contributed by atoms with E-state index in [1.807, 2.05) is 18.7 Å². The van der Waals surface area contributed by atoms with Gasteiger partial charge in [0.2, 0.25) is 11.8 Å². The fourth-order valence-electron chi connectivity index (χ4n) is 3.90. The maximum atomic E-state index is 12.7. The molecule has 1 aliphatic carbocycles. The number of carbonyl (C=O) groups is 1. The van der Waals surface area contributed by atoms with Crippen LogP contribution in [0.4, 0.5) is 0 Å². The Hall–Kier alpha value is -1.39. The molecule has 1 amide bonds. The predicted octanol–water partition coefficient (Wildman–Crippen LogP) is 2.27. The van der Waals surface area contributed by atoms with Crippen molar-refractivity contribution < 1.29 is 9.32 Å². The Kier molecular flexibility index (Phi) is 9.46. The molecule has 0 bridgehead atoms. The second kappa shape index (κ2) is 11.6. The van der Waals surface area contributed by atoms with Gasteiger partial charge in [-0.25, -0.2) is 0 Å². The van der Waals surface area contributed by atoms with Crippen molar-refractivity contribution in [2.24, 2.45) is 10.9 Å². The van der Waals surface area contributed by atoms with E-state index in [-0.39, 0.29) is 35.9 Å². The average molecular weight is 504 g/mol. The van der Waals surface area contributed by atoms with Crippen molar-refractivity contribution in [1.29, 1.82) is 0 Å². The highest BCUT2D eigenvalue weighted by Gasteiger charge is 2.31. The maximum absolute atomic E-state index is 12.7. The van der Waals surface area contributed by atoms with Crippen LogP contribution in [-0.4, -0.2) is 59.1 Å². The quantitative estimate of drug-likeness (QED) is 0.351. The highest BCUT2D eigenvalue weighted by atomic mass is 127. The number of nitrogens with one attached hydrogen (secondary N) is 2. The Labute approximate surface area is 184 Å². The van der Waals surface area contributed by atoms with Gasteiger partial charge in [0, 0.05) is 38.0 Å². The summed E-state index contributed by atoms with van der Waals surface area (Å²) in [5.41, 5.74) is 0. The van der Waals surface area contributed by atoms with E-state index >= 15 is 0 Å². The molecule has 0 spiro atoms. The minimum Gasteiger partial charge on any atom is -0.357 e. The molecule has 28 heavy (non-hydrogen) atoms. The molecule has 1 aromatic heterocycles. The van der Waals surface area contributed by atoms with E-state index in [4.69, 9.17) is 4.52 Å². The van der Waals surface area contributed by atoms with E-state index < -0.39 is 0 Å². The number of amides is 1. The Morgan fingerprint density at radius 3 is 2.75 bits per heavy atom. The zero-order valence-electron chi connectivity index (χ0n) is 16.9. The summed E-state index contributed by atoms with van der Waals surface area (Å²) in [6, 6.07) is 0.251. The van der Waals surface area contributed by atoms with Gasteiger partial charge < -0.3 is 20.1 Å². The van der Waals surface area contributed by atoms with Gasteiger partial charge in [0.15, 0.2) is 11.8 Å². The van der Waals surface area contributed by atoms with Crippen LogP contribution >= 0.6 is 24.0 Å². The van der Waals surface area contributed by atoms with Gasteiger partial charge in [-0.2, -0.15) is 4.98 Å². The molecule has 1 unspecified atom stereocenters. The summed E-state index contributed by atoms with van der Waals surface area (Å²) in [7, 11) is 0. The smallest absolute Gasteiger partial charge is 0.228 e. The molecule has 1 atom stereocenters. The Morgan fingerprint density at radius 2 is 2.07 bits per heavy atom. The third kappa shape index (κ3) is 6.59. The molecular formula is C19H33IN6O2. The maximum Gasteiger partial charge on any atom is 0.228 e. The van der Waals surface area contributed by atoms with Crippen molar-refractivity contribution in [1.82, 2.24) is 25.7 Å². The Bertz CT molecular complexity index is 644. The third-order valence-electron chi connectivity index (χ3n) is 5.30. The van der Waals surface area contributed by atoms with Gasteiger partial charge >= 0.3 is 0 Å². The summed E-state index contributed by atoms with van der Waals surface area (Å²) in [5, 5.41) is 10.5. The van der Waals surface area contributed by atoms with Gasteiger partial charge in [0.05, 0.1) is 6.54 Å². The zero-order valence-corrected chi connectivity index (χ0v) is 19.3. The lowest BCUT2D eigenvalue weighted by Gasteiger charge is -2.26. The summed E-state index contributed by atoms with van der Waals surface area (Å²) in [4.78, 5) is 23.6. The molecule has 1 aliphatic heterocycles. The first-order valence-electron chi connectivity index (χ1n) is 10.3. The monoisotopic (exact) mass is 504 g/mol. The van der Waals surface area contributed by atoms with Gasteiger partial charge in [0.1, 0.15) is 0 Å². The summed E-state index contributed by atoms with van der Waals surface area (Å²) >= 11 is 0. The average Bonchev–Trinajstić information content (AvgIpc) is 3.31. The molecule has 2 fully saturated rings. The molecule has 158 valence electrons. The van der Waals surface area contributed by atoms with Crippen molar-refractivity contribution in [3.05, 3.63) is 11.7 Å². The first-order valence-corrected chi connectivity index (χ1v) is 10.3. The number of nitrogens with zero attached hydrogens (tertiary/aromatic N) is 4. The number of aliphatic imine (C=N–C) groups is 1. The number of hydrogen-bond acceptors (Lipinski definition) is 5. The molecule has 2 N–H and O–H groups in total. The predicted molar refractivity (Wildman–Crippen MR) is 119 cm³/mol. The molecular weight excluding hydrogens is 471 g/mol. The summed E-state index contributed by atoms with van der Waals surface area (Å²) in [5.74, 6) is 2.64. The van der Waals surface area contributed by atoms with Gasteiger partial charge in [-0.3, -0.25) is 9.79 Å². The van der Waals surface area contributed by atoms with E-state index in [2.05, 4.69) is 25.8 Å². The second-order valence-corrected chi connectivity index (χ2v) is 7.50. The fourth-order valence-corrected chi connectivity index (χ4v) is 3.90. The molecule has 3 rings (SSSR count). The minimum absolute atomic E-state index is 0. The number of carbonyl (C=O) groups excluding carboxylic acids is 1. The van der Waals surface area contributed by atoms with Crippen LogP contribution in [0.2, 0.25) is 0 Å². The number of halogens is 1. The lowest BCUT2D eigenvalue weighted by Crippen LogP contribution is -2.45. The standard InChI is InChI=1S/C19H32N6O2.HI/c1-3-20-19(21-11-9-17-22-14(2)24-27-17)23-16-10-12-25(13-16)18(26)15-7-5-4-6-8-15;/h15-16H,3-13H2,1-2H3,(H2,20,21,23);1H. The van der Waals surface area contributed by atoms with Gasteiger partial charge in [-0.1, -0.05) is 24.4 Å². The molecule has 0 aromatic carbocycles. The van der Waals surface area contributed by atoms with Crippen molar-refractivity contribution in [2.75, 3.05) is 26.2 Å². The molecule has 2 heterocycles. The molecule has 0 radical (unpaired) electrons. The van der Waals surface area contributed by atoms with Crippen LogP contribution in [-0.2, 0) is 11.2 Å². The van der Waals surface area contributed by atoms with Crippen LogP contribution in [0.15, 0.2) is 9.52 Å². The summed E-state index contributed by atoms with van der Waals surface area (Å²) in [6.45, 7) is 6.84. The van der Waals surface area contributed by atoms with Crippen LogP contribution in [0.1, 0.15) is 57.2 Å². The van der Waals surface area contributed by atoms with E-state index in [1.165, 1.54) is 19.3 Å². The molecule has 1 aromatic rings. The van der Waals surface area contributed by atoms with Crippen molar-refractivity contribution in [2.45, 2.75) is 64.8 Å². The molecule has 2 aliphatic rings. The number of hydrogen-bond donors (Lipinski definition) is 2. The van der Waals surface area contributed by atoms with Crippen molar-refractivity contribution in [3.8, 4) is 0 Å². The van der Waals surface area contributed by atoms with Crippen molar-refractivity contribution in [3.63, 3.8) is 0 Å². The molecule has 1 saturated carbocycles. The zero-order chi connectivity index (χ0) is 19.1. The first-order chi connectivity index (χ1) is 13.2. The Balaban J connectivity index is 0.00000280. The van der Waals surface area contributed by atoms with Crippen LogP contribution in [0, 0.1) is 12.8 Å². The highest BCUT2D eigenvalue weighted by Crippen LogP contribution is 2.26. The minimum atomic E-state index is 0. The number of aromatic nitrogens is 2. The summed E-state index contributed by atoms with van der Waals surface area (Å²) < 4.78 is 5.12. The molecule has 8 nitrogen and oxygen atoms in total. The second-order valence-electron chi connectivity index (χ2n) is 7.50. The van der Waals surface area contributed by atoms with Crippen LogP contribution in [0.5, 0.6) is 0 Å². The number of guanidine groups is 1. The number of likely N-dealkylation sites (tertiary alicyclic amines) is 1. The van der Waals surface area contributed by atoms with Gasteiger partial charge in [-0.05, 0) is 33.1 Å². The van der Waals surface area contributed by atoms with E-state index in [0.29, 0.717) is 30.6 Å². The lowest BCUT2D eigenvalue weighted by atomic mass is 9.88. The highest BCUT2D eigenvalue weighted by molar-refractivity contribution is 14.0. The SMILES string of the molecule is CCNC(=NCCc1nc(C)no1)NC1CCN(C(=O)C2CCCCC2)C1.I. The number of aryl methyl sites for hydroxylation is 1. The lowest BCUT2D eigenvalue weighted by molar-refractivity contribution is -0.135. The van der Waals surface area contributed by atoms with Crippen LogP contribution in [0.3, 0.4) is 0 Å². The van der Waals surface area contributed by atoms with Crippen molar-refractivity contribution >= 4 is 35.8 Å². The third-order valence-corrected chi connectivity index (χ3v) is 5.30. The van der Waals surface area contributed by atoms with Crippen LogP contribution < -0.4 is 10.6 Å². The fraction of sp³-hybridized carbons (Fsp3) is 0.789. The van der Waals surface area contributed by atoms with Crippen LogP contribution in [0.25, 0.3) is 0 Å². The topological polar surface area (TPSA) is 95.7 Å². The first kappa shape index (κ1) is 22.9. The van der Waals surface area contributed by atoms with E-state index in [1.54, 1.807) is 0 Å². The van der Waals surface area contributed by atoms with E-state index in [9.17, 15) is 4.79 Å². The summed E-state index contributed by atoms with van der Waals surface area (Å²) in [6.07, 6.45) is 7.38. The normalized spacial score (nSPS) is 20.7. The molecule has 1 saturated heterocycles. The number of rotatable bonds is 6. The van der Waals surface area contributed by atoms with E-state index in [0.717, 1.165) is 44.9 Å². The largest absolute Gasteiger partial charge is 0.357 e.